The second-order valence-corrected chi connectivity index (χ2v) is 5.46. The lowest BCUT2D eigenvalue weighted by molar-refractivity contribution is 0.150. The summed E-state index contributed by atoms with van der Waals surface area (Å²) in [5.74, 6) is 0. The molecule has 1 heterocycles. The number of nitrogens with zero attached hydrogens (tertiary/aromatic N) is 2. The van der Waals surface area contributed by atoms with Crippen LogP contribution in [0.4, 0.5) is 15.6 Å². The first-order valence-corrected chi connectivity index (χ1v) is 7.54. The molecular formula is C14H18N4O2S. The molecule has 2 aromatic rings. The maximum absolute atomic E-state index is 11.8. The zero-order chi connectivity index (χ0) is 15.1. The number of anilines is 2. The third-order valence-corrected chi connectivity index (χ3v) is 3.56. The van der Waals surface area contributed by atoms with E-state index in [1.165, 1.54) is 11.3 Å². The number of rotatable bonds is 6. The molecule has 112 valence electrons. The van der Waals surface area contributed by atoms with E-state index in [2.05, 4.69) is 20.8 Å². The van der Waals surface area contributed by atoms with Crippen molar-refractivity contribution < 1.29 is 9.53 Å². The molecule has 0 unspecified atom stereocenters. The number of carbonyl (C=O) groups excluding carboxylic acids is 1. The van der Waals surface area contributed by atoms with Crippen LogP contribution in [0.3, 0.4) is 0 Å². The normalized spacial score (nSPS) is 10.4. The van der Waals surface area contributed by atoms with Gasteiger partial charge >= 0.3 is 6.03 Å². The highest BCUT2D eigenvalue weighted by molar-refractivity contribution is 7.15. The van der Waals surface area contributed by atoms with Gasteiger partial charge in [-0.05, 0) is 26.0 Å². The molecule has 1 aromatic carbocycles. The van der Waals surface area contributed by atoms with Gasteiger partial charge in [0.05, 0.1) is 6.61 Å². The molecule has 2 amide bonds. The van der Waals surface area contributed by atoms with Gasteiger partial charge in [-0.3, -0.25) is 5.32 Å². The highest BCUT2D eigenvalue weighted by atomic mass is 32.1. The number of amides is 2. The Hall–Kier alpha value is -1.99. The van der Waals surface area contributed by atoms with E-state index in [1.54, 1.807) is 0 Å². The van der Waals surface area contributed by atoms with Gasteiger partial charge in [0, 0.05) is 18.7 Å². The van der Waals surface area contributed by atoms with Crippen molar-refractivity contribution >= 4 is 28.2 Å². The van der Waals surface area contributed by atoms with Gasteiger partial charge in [0.25, 0.3) is 0 Å². The van der Waals surface area contributed by atoms with Crippen molar-refractivity contribution in [3.63, 3.8) is 0 Å². The summed E-state index contributed by atoms with van der Waals surface area (Å²) < 4.78 is 5.26. The monoisotopic (exact) mass is 306 g/mol. The molecule has 0 saturated carbocycles. The fourth-order valence-electron chi connectivity index (χ4n) is 1.61. The van der Waals surface area contributed by atoms with E-state index in [0.717, 1.165) is 16.3 Å². The minimum Gasteiger partial charge on any atom is -0.381 e. The fourth-order valence-corrected chi connectivity index (χ4v) is 2.32. The van der Waals surface area contributed by atoms with Crippen molar-refractivity contribution in [1.29, 1.82) is 0 Å². The Labute approximate surface area is 127 Å². The maximum atomic E-state index is 11.8. The van der Waals surface area contributed by atoms with Crippen molar-refractivity contribution in [2.45, 2.75) is 20.3 Å². The third-order valence-electron chi connectivity index (χ3n) is 2.66. The van der Waals surface area contributed by atoms with Crippen LogP contribution in [0.25, 0.3) is 0 Å². The second-order valence-electron chi connectivity index (χ2n) is 4.39. The fraction of sp³-hybridized carbons (Fsp3) is 0.357. The molecule has 0 aliphatic heterocycles. The molecule has 0 atom stereocenters. The molecular weight excluding hydrogens is 288 g/mol. The second kappa shape index (κ2) is 7.70. The Kier molecular flexibility index (Phi) is 5.65. The van der Waals surface area contributed by atoms with E-state index >= 15 is 0 Å². The first kappa shape index (κ1) is 15.4. The average Bonchev–Trinajstić information content (AvgIpc) is 2.89. The van der Waals surface area contributed by atoms with Crippen LogP contribution in [0.1, 0.15) is 17.5 Å². The Morgan fingerprint density at radius 2 is 2.00 bits per heavy atom. The lowest BCUT2D eigenvalue weighted by Gasteiger charge is -2.04. The smallest absolute Gasteiger partial charge is 0.325 e. The number of benzene rings is 1. The predicted molar refractivity (Wildman–Crippen MR) is 83.9 cm³/mol. The molecule has 0 aliphatic carbocycles. The maximum Gasteiger partial charge on any atom is 0.325 e. The van der Waals surface area contributed by atoms with Gasteiger partial charge in [0.1, 0.15) is 5.01 Å². The molecule has 7 heteroatoms. The Morgan fingerprint density at radius 1 is 1.24 bits per heavy atom. The SMILES string of the molecule is CCOCCc1nnc(NC(=O)Nc2ccc(C)cc2)s1. The van der Waals surface area contributed by atoms with E-state index in [-0.39, 0.29) is 6.03 Å². The van der Waals surface area contributed by atoms with E-state index < -0.39 is 0 Å². The summed E-state index contributed by atoms with van der Waals surface area (Å²) in [6, 6.07) is 7.25. The number of hydrogen-bond acceptors (Lipinski definition) is 5. The minimum atomic E-state index is -0.327. The Balaban J connectivity index is 1.83. The van der Waals surface area contributed by atoms with Gasteiger partial charge in [0.15, 0.2) is 0 Å². The van der Waals surface area contributed by atoms with Gasteiger partial charge in [-0.1, -0.05) is 29.0 Å². The van der Waals surface area contributed by atoms with Crippen LogP contribution >= 0.6 is 11.3 Å². The molecule has 0 bridgehead atoms. The zero-order valence-electron chi connectivity index (χ0n) is 12.0. The molecule has 0 spiro atoms. The van der Waals surface area contributed by atoms with Crippen LogP contribution in [0.15, 0.2) is 24.3 Å². The first-order valence-electron chi connectivity index (χ1n) is 6.72. The predicted octanol–water partition coefficient (Wildman–Crippen LogP) is 3.07. The number of ether oxygens (including phenoxy) is 1. The van der Waals surface area contributed by atoms with E-state index in [9.17, 15) is 4.79 Å². The largest absolute Gasteiger partial charge is 0.381 e. The number of urea groups is 1. The van der Waals surface area contributed by atoms with Crippen LogP contribution in [-0.4, -0.2) is 29.4 Å². The van der Waals surface area contributed by atoms with Crippen LogP contribution in [0.5, 0.6) is 0 Å². The summed E-state index contributed by atoms with van der Waals surface area (Å²) in [6.07, 6.45) is 0.701. The number of carbonyl (C=O) groups is 1. The number of nitrogens with one attached hydrogen (secondary N) is 2. The molecule has 2 N–H and O–H groups in total. The molecule has 0 fully saturated rings. The third kappa shape index (κ3) is 5.13. The van der Waals surface area contributed by atoms with Gasteiger partial charge in [-0.2, -0.15) is 0 Å². The van der Waals surface area contributed by atoms with Gasteiger partial charge in [-0.15, -0.1) is 10.2 Å². The summed E-state index contributed by atoms with van der Waals surface area (Å²) in [5, 5.41) is 14.7. The van der Waals surface area contributed by atoms with Gasteiger partial charge in [0.2, 0.25) is 5.13 Å². The number of aryl methyl sites for hydroxylation is 1. The molecule has 0 radical (unpaired) electrons. The summed E-state index contributed by atoms with van der Waals surface area (Å²) in [6.45, 7) is 5.24. The lowest BCUT2D eigenvalue weighted by Crippen LogP contribution is -2.19. The quantitative estimate of drug-likeness (QED) is 0.804. The zero-order valence-corrected chi connectivity index (χ0v) is 12.9. The lowest BCUT2D eigenvalue weighted by atomic mass is 10.2. The van der Waals surface area contributed by atoms with E-state index in [0.29, 0.717) is 24.8 Å². The van der Waals surface area contributed by atoms with Crippen LogP contribution in [-0.2, 0) is 11.2 Å². The molecule has 1 aromatic heterocycles. The molecule has 2 rings (SSSR count). The summed E-state index contributed by atoms with van der Waals surface area (Å²) in [5.41, 5.74) is 1.88. The highest BCUT2D eigenvalue weighted by Gasteiger charge is 2.08. The van der Waals surface area contributed by atoms with Gasteiger partial charge in [-0.25, -0.2) is 4.79 Å². The highest BCUT2D eigenvalue weighted by Crippen LogP contribution is 2.16. The van der Waals surface area contributed by atoms with Crippen molar-refractivity contribution in [2.75, 3.05) is 23.8 Å². The summed E-state index contributed by atoms with van der Waals surface area (Å²) in [4.78, 5) is 11.8. The Bertz CT molecular complexity index is 583. The van der Waals surface area contributed by atoms with E-state index in [1.807, 2.05) is 38.1 Å². The number of hydrogen-bond donors (Lipinski definition) is 2. The van der Waals surface area contributed by atoms with Crippen LogP contribution in [0.2, 0.25) is 0 Å². The number of aromatic nitrogens is 2. The minimum absolute atomic E-state index is 0.327. The molecule has 21 heavy (non-hydrogen) atoms. The summed E-state index contributed by atoms with van der Waals surface area (Å²) in [7, 11) is 0. The molecule has 0 saturated heterocycles. The first-order chi connectivity index (χ1) is 10.2. The van der Waals surface area contributed by atoms with Crippen molar-refractivity contribution in [1.82, 2.24) is 10.2 Å². The molecule has 6 nitrogen and oxygen atoms in total. The van der Waals surface area contributed by atoms with Crippen LogP contribution < -0.4 is 10.6 Å². The van der Waals surface area contributed by atoms with Crippen LogP contribution in [0, 0.1) is 6.92 Å². The van der Waals surface area contributed by atoms with E-state index in [4.69, 9.17) is 4.74 Å². The van der Waals surface area contributed by atoms with Crippen molar-refractivity contribution in [3.8, 4) is 0 Å². The van der Waals surface area contributed by atoms with Crippen molar-refractivity contribution in [2.24, 2.45) is 0 Å². The standard InChI is InChI=1S/C14H18N4O2S/c1-3-20-9-8-12-17-18-14(21-12)16-13(19)15-11-6-4-10(2)5-7-11/h4-7H,3,8-9H2,1-2H3,(H2,15,16,18,19). The van der Waals surface area contributed by atoms with Gasteiger partial charge < -0.3 is 10.1 Å². The molecule has 0 aliphatic rings. The Morgan fingerprint density at radius 3 is 2.71 bits per heavy atom. The topological polar surface area (TPSA) is 76.1 Å². The average molecular weight is 306 g/mol. The van der Waals surface area contributed by atoms with Crippen molar-refractivity contribution in [3.05, 3.63) is 34.8 Å². The summed E-state index contributed by atoms with van der Waals surface area (Å²) >= 11 is 1.35.